The van der Waals surface area contributed by atoms with Crippen molar-refractivity contribution in [1.29, 1.82) is 0 Å². The van der Waals surface area contributed by atoms with Crippen molar-refractivity contribution in [2.24, 2.45) is 5.73 Å². The highest BCUT2D eigenvalue weighted by Gasteiger charge is 2.21. The number of nitrogens with two attached hydrogens (primary N) is 1. The maximum absolute atomic E-state index is 12.4. The van der Waals surface area contributed by atoms with Crippen molar-refractivity contribution in [2.75, 3.05) is 0 Å². The molecule has 1 aliphatic carbocycles. The average molecular weight is 297 g/mol. The van der Waals surface area contributed by atoms with Gasteiger partial charge in [0.05, 0.1) is 0 Å². The lowest BCUT2D eigenvalue weighted by molar-refractivity contribution is 0.0924. The summed E-state index contributed by atoms with van der Waals surface area (Å²) in [5.41, 5.74) is 10.0. The minimum atomic E-state index is 0. The van der Waals surface area contributed by atoms with E-state index in [1.54, 1.807) is 0 Å². The van der Waals surface area contributed by atoms with Gasteiger partial charge in [0.1, 0.15) is 0 Å². The molecule has 1 aliphatic rings. The van der Waals surface area contributed by atoms with Gasteiger partial charge in [0.2, 0.25) is 0 Å². The highest BCUT2D eigenvalue weighted by atomic mass is 35.5. The predicted octanol–water partition coefficient (Wildman–Crippen LogP) is 3.03. The molecule has 112 valence electrons. The molecule has 0 saturated heterocycles. The van der Waals surface area contributed by atoms with Gasteiger partial charge in [-0.05, 0) is 57.6 Å². The van der Waals surface area contributed by atoms with Crippen LogP contribution < -0.4 is 11.1 Å². The van der Waals surface area contributed by atoms with Gasteiger partial charge < -0.3 is 11.1 Å². The molecule has 2 rings (SSSR count). The Morgan fingerprint density at radius 3 is 2.10 bits per heavy atom. The monoisotopic (exact) mass is 296 g/mol. The number of nitrogens with one attached hydrogen (secondary N) is 1. The first-order valence-electron chi connectivity index (χ1n) is 7.11. The van der Waals surface area contributed by atoms with Crippen LogP contribution in [0.2, 0.25) is 0 Å². The standard InChI is InChI=1S/C16H24N2O.ClH/c1-10-8-11(2)15(12(3)9-10)16(19)18-14-6-4-13(17)5-7-14;/h8-9,13-14H,4-7,17H2,1-3H3,(H,18,19);1H. The molecule has 0 aliphatic heterocycles. The van der Waals surface area contributed by atoms with Crippen LogP contribution in [0.1, 0.15) is 52.7 Å². The minimum absolute atomic E-state index is 0. The summed E-state index contributed by atoms with van der Waals surface area (Å²) >= 11 is 0. The molecule has 0 bridgehead atoms. The van der Waals surface area contributed by atoms with Gasteiger partial charge >= 0.3 is 0 Å². The zero-order valence-corrected chi connectivity index (χ0v) is 13.3. The summed E-state index contributed by atoms with van der Waals surface area (Å²) in [6.07, 6.45) is 4.02. The van der Waals surface area contributed by atoms with Crippen molar-refractivity contribution in [3.8, 4) is 0 Å². The number of halogens is 1. The van der Waals surface area contributed by atoms with Crippen LogP contribution in [0.25, 0.3) is 0 Å². The molecule has 20 heavy (non-hydrogen) atoms. The topological polar surface area (TPSA) is 55.1 Å². The molecule has 0 unspecified atom stereocenters. The van der Waals surface area contributed by atoms with Crippen molar-refractivity contribution >= 4 is 18.3 Å². The van der Waals surface area contributed by atoms with E-state index in [4.69, 9.17) is 5.73 Å². The summed E-state index contributed by atoms with van der Waals surface area (Å²) in [6, 6.07) is 4.74. The fourth-order valence-electron chi connectivity index (χ4n) is 3.06. The molecule has 3 N–H and O–H groups in total. The van der Waals surface area contributed by atoms with Crippen LogP contribution in [0.3, 0.4) is 0 Å². The lowest BCUT2D eigenvalue weighted by Gasteiger charge is -2.27. The van der Waals surface area contributed by atoms with Gasteiger partial charge in [0.25, 0.3) is 5.91 Å². The molecule has 0 aromatic heterocycles. The Morgan fingerprint density at radius 1 is 1.10 bits per heavy atom. The number of carbonyl (C=O) groups is 1. The highest BCUT2D eigenvalue weighted by molar-refractivity contribution is 5.97. The van der Waals surface area contributed by atoms with Gasteiger partial charge in [-0.15, -0.1) is 12.4 Å². The Balaban J connectivity index is 0.00000200. The summed E-state index contributed by atoms with van der Waals surface area (Å²) in [5.74, 6) is 0.0653. The maximum atomic E-state index is 12.4. The largest absolute Gasteiger partial charge is 0.349 e. The third-order valence-corrected chi connectivity index (χ3v) is 4.01. The first-order valence-corrected chi connectivity index (χ1v) is 7.11. The molecular weight excluding hydrogens is 272 g/mol. The molecule has 3 nitrogen and oxygen atoms in total. The molecular formula is C16H25ClN2O. The van der Waals surface area contributed by atoms with E-state index in [-0.39, 0.29) is 24.4 Å². The van der Waals surface area contributed by atoms with E-state index < -0.39 is 0 Å². The summed E-state index contributed by atoms with van der Waals surface area (Å²) in [7, 11) is 0. The Labute approximate surface area is 127 Å². The SMILES string of the molecule is Cc1cc(C)c(C(=O)NC2CCC(N)CC2)c(C)c1.Cl. The molecule has 0 heterocycles. The Bertz CT molecular complexity index is 456. The predicted molar refractivity (Wildman–Crippen MR) is 85.6 cm³/mol. The number of amides is 1. The van der Waals surface area contributed by atoms with Crippen molar-refractivity contribution < 1.29 is 4.79 Å². The van der Waals surface area contributed by atoms with Gasteiger partial charge in [-0.3, -0.25) is 4.79 Å². The summed E-state index contributed by atoms with van der Waals surface area (Å²) < 4.78 is 0. The van der Waals surface area contributed by atoms with E-state index in [0.29, 0.717) is 6.04 Å². The third kappa shape index (κ3) is 3.97. The summed E-state index contributed by atoms with van der Waals surface area (Å²) in [5, 5.41) is 3.16. The Hall–Kier alpha value is -1.06. The van der Waals surface area contributed by atoms with E-state index >= 15 is 0 Å². The molecule has 1 saturated carbocycles. The van der Waals surface area contributed by atoms with Crippen LogP contribution >= 0.6 is 12.4 Å². The zero-order chi connectivity index (χ0) is 14.0. The van der Waals surface area contributed by atoms with Crippen molar-refractivity contribution in [3.05, 3.63) is 34.4 Å². The maximum Gasteiger partial charge on any atom is 0.252 e. The molecule has 1 aromatic rings. The fraction of sp³-hybridized carbons (Fsp3) is 0.562. The number of rotatable bonds is 2. The fourth-order valence-corrected chi connectivity index (χ4v) is 3.06. The normalized spacial score (nSPS) is 22.0. The zero-order valence-electron chi connectivity index (χ0n) is 12.5. The van der Waals surface area contributed by atoms with Gasteiger partial charge in [-0.1, -0.05) is 17.7 Å². The van der Waals surface area contributed by atoms with Gasteiger partial charge in [-0.25, -0.2) is 0 Å². The molecule has 0 atom stereocenters. The van der Waals surface area contributed by atoms with E-state index in [1.807, 2.05) is 13.8 Å². The minimum Gasteiger partial charge on any atom is -0.349 e. The second kappa shape index (κ2) is 7.09. The Kier molecular flexibility index (Phi) is 6.03. The molecule has 1 fully saturated rings. The molecule has 1 amide bonds. The number of aryl methyl sites for hydroxylation is 3. The van der Waals surface area contributed by atoms with Crippen molar-refractivity contribution in [1.82, 2.24) is 5.32 Å². The second-order valence-electron chi connectivity index (χ2n) is 5.86. The molecule has 1 aromatic carbocycles. The van der Waals surface area contributed by atoms with Crippen LogP contribution in [-0.2, 0) is 0 Å². The van der Waals surface area contributed by atoms with Crippen LogP contribution in [0.4, 0.5) is 0 Å². The van der Waals surface area contributed by atoms with Gasteiger partial charge in [0.15, 0.2) is 0 Å². The number of carbonyl (C=O) groups excluding carboxylic acids is 1. The number of hydrogen-bond donors (Lipinski definition) is 2. The van der Waals surface area contributed by atoms with E-state index in [2.05, 4.69) is 24.4 Å². The Morgan fingerprint density at radius 2 is 1.60 bits per heavy atom. The quantitative estimate of drug-likeness (QED) is 0.881. The summed E-state index contributed by atoms with van der Waals surface area (Å²) in [4.78, 5) is 12.4. The second-order valence-corrected chi connectivity index (χ2v) is 5.86. The molecule has 0 spiro atoms. The highest BCUT2D eigenvalue weighted by Crippen LogP contribution is 2.20. The van der Waals surface area contributed by atoms with E-state index in [1.165, 1.54) is 5.56 Å². The lowest BCUT2D eigenvalue weighted by Crippen LogP contribution is -2.40. The number of benzene rings is 1. The number of hydrogen-bond acceptors (Lipinski definition) is 2. The smallest absolute Gasteiger partial charge is 0.252 e. The average Bonchev–Trinajstić information content (AvgIpc) is 2.30. The van der Waals surface area contributed by atoms with E-state index in [9.17, 15) is 4.79 Å². The van der Waals surface area contributed by atoms with Crippen molar-refractivity contribution in [2.45, 2.75) is 58.5 Å². The first kappa shape index (κ1) is 17.0. The molecule has 4 heteroatoms. The van der Waals surface area contributed by atoms with Gasteiger partial charge in [-0.2, -0.15) is 0 Å². The van der Waals surface area contributed by atoms with Crippen molar-refractivity contribution in [3.63, 3.8) is 0 Å². The third-order valence-electron chi connectivity index (χ3n) is 4.01. The first-order chi connectivity index (χ1) is 8.97. The van der Waals surface area contributed by atoms with Crippen LogP contribution in [0.5, 0.6) is 0 Å². The summed E-state index contributed by atoms with van der Waals surface area (Å²) in [6.45, 7) is 6.07. The lowest BCUT2D eigenvalue weighted by atomic mass is 9.91. The van der Waals surface area contributed by atoms with Crippen LogP contribution in [-0.4, -0.2) is 18.0 Å². The van der Waals surface area contributed by atoms with Crippen LogP contribution in [0, 0.1) is 20.8 Å². The van der Waals surface area contributed by atoms with Crippen LogP contribution in [0.15, 0.2) is 12.1 Å². The van der Waals surface area contributed by atoms with E-state index in [0.717, 1.165) is 42.4 Å². The van der Waals surface area contributed by atoms with Gasteiger partial charge in [0, 0.05) is 17.6 Å². The molecule has 0 radical (unpaired) electrons.